The third kappa shape index (κ3) is 4.36. The Morgan fingerprint density at radius 2 is 1.04 bits per heavy atom. The van der Waals surface area contributed by atoms with Crippen molar-refractivity contribution in [3.63, 3.8) is 0 Å². The van der Waals surface area contributed by atoms with Gasteiger partial charge in [0.05, 0.1) is 22.7 Å². The van der Waals surface area contributed by atoms with Crippen molar-refractivity contribution in [3.05, 3.63) is 83.9 Å². The second kappa shape index (κ2) is 8.62. The molecular formula is C22H22N4. The Labute approximate surface area is 154 Å². The van der Waals surface area contributed by atoms with E-state index in [4.69, 9.17) is 0 Å². The SMILES string of the molecule is CNc1cc(NC)c(N=Cc2ccccc2)cc1N=Cc1ccccc1. The molecule has 0 radical (unpaired) electrons. The predicted molar refractivity (Wildman–Crippen MR) is 113 cm³/mol. The standard InChI is InChI=1S/C22H22N4/c1-23-19-13-20(24-2)22(26-16-18-11-7-4-8-12-18)14-21(19)25-15-17-9-5-3-6-10-17/h3-16,23-24H,1-2H3. The summed E-state index contributed by atoms with van der Waals surface area (Å²) in [6.45, 7) is 0. The molecule has 0 saturated heterocycles. The van der Waals surface area contributed by atoms with Crippen LogP contribution in [0.15, 0.2) is 82.8 Å². The molecule has 0 spiro atoms. The second-order valence-electron chi connectivity index (χ2n) is 5.72. The van der Waals surface area contributed by atoms with Gasteiger partial charge in [-0.15, -0.1) is 0 Å². The molecule has 4 heteroatoms. The second-order valence-corrected chi connectivity index (χ2v) is 5.72. The Balaban J connectivity index is 1.96. The van der Waals surface area contributed by atoms with Crippen molar-refractivity contribution in [3.8, 4) is 0 Å². The Hall–Kier alpha value is -3.40. The third-order valence-corrected chi connectivity index (χ3v) is 3.96. The van der Waals surface area contributed by atoms with Crippen molar-refractivity contribution in [2.45, 2.75) is 0 Å². The minimum absolute atomic E-state index is 0.843. The number of aliphatic imine (C=N–C) groups is 2. The molecule has 0 amide bonds. The van der Waals surface area contributed by atoms with Gasteiger partial charge in [-0.25, -0.2) is 0 Å². The highest BCUT2D eigenvalue weighted by molar-refractivity contribution is 5.90. The highest BCUT2D eigenvalue weighted by Gasteiger charge is 2.07. The normalized spacial score (nSPS) is 11.2. The highest BCUT2D eigenvalue weighted by atomic mass is 14.9. The Kier molecular flexibility index (Phi) is 5.78. The van der Waals surface area contributed by atoms with Crippen LogP contribution >= 0.6 is 0 Å². The molecule has 0 saturated carbocycles. The van der Waals surface area contributed by atoms with Crippen LogP contribution in [0, 0.1) is 0 Å². The van der Waals surface area contributed by atoms with Crippen LogP contribution in [0.4, 0.5) is 22.7 Å². The number of anilines is 2. The van der Waals surface area contributed by atoms with Gasteiger partial charge in [-0.05, 0) is 23.3 Å². The average molecular weight is 342 g/mol. The van der Waals surface area contributed by atoms with E-state index >= 15 is 0 Å². The van der Waals surface area contributed by atoms with Gasteiger partial charge in [-0.2, -0.15) is 0 Å². The van der Waals surface area contributed by atoms with Gasteiger partial charge in [0.1, 0.15) is 0 Å². The van der Waals surface area contributed by atoms with Gasteiger partial charge in [-0.3, -0.25) is 9.98 Å². The number of nitrogens with one attached hydrogen (secondary N) is 2. The van der Waals surface area contributed by atoms with Crippen molar-refractivity contribution < 1.29 is 0 Å². The molecule has 0 aromatic heterocycles. The van der Waals surface area contributed by atoms with E-state index in [0.29, 0.717) is 0 Å². The third-order valence-electron chi connectivity index (χ3n) is 3.96. The van der Waals surface area contributed by atoms with E-state index in [1.165, 1.54) is 0 Å². The molecule has 0 aliphatic rings. The first-order chi connectivity index (χ1) is 12.8. The van der Waals surface area contributed by atoms with Crippen molar-refractivity contribution >= 4 is 35.2 Å². The first-order valence-corrected chi connectivity index (χ1v) is 8.52. The average Bonchev–Trinajstić information content (AvgIpc) is 2.72. The Morgan fingerprint density at radius 3 is 1.42 bits per heavy atom. The fourth-order valence-electron chi connectivity index (χ4n) is 2.56. The minimum atomic E-state index is 0.843. The molecule has 4 nitrogen and oxygen atoms in total. The van der Waals surface area contributed by atoms with Crippen molar-refractivity contribution in [1.82, 2.24) is 0 Å². The van der Waals surface area contributed by atoms with Crippen molar-refractivity contribution in [2.24, 2.45) is 9.98 Å². The molecule has 0 fully saturated rings. The summed E-state index contributed by atoms with van der Waals surface area (Å²) in [5.74, 6) is 0. The smallest absolute Gasteiger partial charge is 0.0884 e. The van der Waals surface area contributed by atoms with E-state index in [2.05, 4.69) is 20.6 Å². The lowest BCUT2D eigenvalue weighted by Crippen LogP contribution is -1.94. The maximum absolute atomic E-state index is 4.65. The molecule has 2 N–H and O–H groups in total. The summed E-state index contributed by atoms with van der Waals surface area (Å²) in [5, 5.41) is 6.40. The van der Waals surface area contributed by atoms with E-state index < -0.39 is 0 Å². The molecule has 0 aliphatic heterocycles. The maximum Gasteiger partial charge on any atom is 0.0884 e. The Bertz CT molecular complexity index is 827. The molecule has 0 bridgehead atoms. The van der Waals surface area contributed by atoms with Gasteiger partial charge < -0.3 is 10.6 Å². The van der Waals surface area contributed by atoms with Crippen LogP contribution in [0.25, 0.3) is 0 Å². The van der Waals surface area contributed by atoms with Crippen LogP contribution in [-0.4, -0.2) is 26.5 Å². The summed E-state index contributed by atoms with van der Waals surface area (Å²) in [5.41, 5.74) is 5.69. The fourth-order valence-corrected chi connectivity index (χ4v) is 2.56. The number of nitrogens with zero attached hydrogens (tertiary/aromatic N) is 2. The number of hydrogen-bond donors (Lipinski definition) is 2. The predicted octanol–water partition coefficient (Wildman–Crippen LogP) is 5.27. The van der Waals surface area contributed by atoms with Crippen LogP contribution in [0.3, 0.4) is 0 Å². The molecule has 3 rings (SSSR count). The summed E-state index contributed by atoms with van der Waals surface area (Å²) in [6.07, 6.45) is 3.72. The van der Waals surface area contributed by atoms with E-state index in [1.54, 1.807) is 0 Å². The van der Waals surface area contributed by atoms with Gasteiger partial charge >= 0.3 is 0 Å². The number of benzene rings is 3. The van der Waals surface area contributed by atoms with Crippen LogP contribution in [0.1, 0.15) is 11.1 Å². The van der Waals surface area contributed by atoms with Crippen molar-refractivity contribution in [1.29, 1.82) is 0 Å². The zero-order valence-electron chi connectivity index (χ0n) is 15.0. The van der Waals surface area contributed by atoms with Crippen LogP contribution in [0.2, 0.25) is 0 Å². The van der Waals surface area contributed by atoms with Crippen LogP contribution < -0.4 is 10.6 Å². The van der Waals surface area contributed by atoms with E-state index in [-0.39, 0.29) is 0 Å². The summed E-state index contributed by atoms with van der Waals surface area (Å²) >= 11 is 0. The maximum atomic E-state index is 4.65. The van der Waals surface area contributed by atoms with E-state index in [0.717, 1.165) is 33.9 Å². The molecular weight excluding hydrogens is 320 g/mol. The summed E-state index contributed by atoms with van der Waals surface area (Å²) in [7, 11) is 3.78. The Morgan fingerprint density at radius 1 is 0.615 bits per heavy atom. The summed E-state index contributed by atoms with van der Waals surface area (Å²) in [4.78, 5) is 9.30. The van der Waals surface area contributed by atoms with Gasteiger partial charge in [0.15, 0.2) is 0 Å². The van der Waals surface area contributed by atoms with Gasteiger partial charge in [0, 0.05) is 26.5 Å². The summed E-state index contributed by atoms with van der Waals surface area (Å²) < 4.78 is 0. The zero-order valence-corrected chi connectivity index (χ0v) is 15.0. The monoisotopic (exact) mass is 342 g/mol. The summed E-state index contributed by atoms with van der Waals surface area (Å²) in [6, 6.07) is 24.1. The number of hydrogen-bond acceptors (Lipinski definition) is 4. The van der Waals surface area contributed by atoms with Gasteiger partial charge in [-0.1, -0.05) is 60.7 Å². The topological polar surface area (TPSA) is 48.8 Å². The molecule has 0 heterocycles. The van der Waals surface area contributed by atoms with Gasteiger partial charge in [0.25, 0.3) is 0 Å². The molecule has 26 heavy (non-hydrogen) atoms. The lowest BCUT2D eigenvalue weighted by atomic mass is 10.2. The first kappa shape index (κ1) is 17.4. The first-order valence-electron chi connectivity index (χ1n) is 8.52. The number of rotatable bonds is 6. The highest BCUT2D eigenvalue weighted by Crippen LogP contribution is 2.36. The molecule has 3 aromatic rings. The van der Waals surface area contributed by atoms with Crippen LogP contribution in [-0.2, 0) is 0 Å². The zero-order chi connectivity index (χ0) is 18.2. The molecule has 3 aromatic carbocycles. The molecule has 0 atom stereocenters. The van der Waals surface area contributed by atoms with Crippen LogP contribution in [0.5, 0.6) is 0 Å². The molecule has 0 unspecified atom stereocenters. The fraction of sp³-hybridized carbons (Fsp3) is 0.0909. The molecule has 130 valence electrons. The van der Waals surface area contributed by atoms with E-state index in [9.17, 15) is 0 Å². The minimum Gasteiger partial charge on any atom is -0.386 e. The lowest BCUT2D eigenvalue weighted by molar-refractivity contribution is 1.40. The molecule has 0 aliphatic carbocycles. The quantitative estimate of drug-likeness (QED) is 0.599. The van der Waals surface area contributed by atoms with Crippen molar-refractivity contribution in [2.75, 3.05) is 24.7 Å². The van der Waals surface area contributed by atoms with E-state index in [1.807, 2.05) is 99.3 Å². The van der Waals surface area contributed by atoms with Gasteiger partial charge in [0.2, 0.25) is 0 Å². The largest absolute Gasteiger partial charge is 0.386 e. The lowest BCUT2D eigenvalue weighted by Gasteiger charge is -2.11.